The minimum Gasteiger partial charge on any atom is -0.206 e. The maximum absolute atomic E-state index is 12.4. The lowest BCUT2D eigenvalue weighted by molar-refractivity contribution is -0.140. The Bertz CT molecular complexity index is 436. The first-order valence-corrected chi connectivity index (χ1v) is 6.61. The lowest BCUT2D eigenvalue weighted by Crippen LogP contribution is -2.07. The summed E-state index contributed by atoms with van der Waals surface area (Å²) < 4.78 is 66.1. The third kappa shape index (κ3) is 7.72. The summed E-state index contributed by atoms with van der Waals surface area (Å²) in [6, 6.07) is 3.84. The molecular formula is C7H4Cl2F4O2S. The van der Waals surface area contributed by atoms with Crippen LogP contribution in [0.4, 0.5) is 17.6 Å². The van der Waals surface area contributed by atoms with Crippen molar-refractivity contribution in [2.24, 2.45) is 0 Å². The number of hydrogen-bond donors (Lipinski definition) is 0. The first-order chi connectivity index (χ1) is 7.02. The summed E-state index contributed by atoms with van der Waals surface area (Å²) in [5, 5.41) is 0. The van der Waals surface area contributed by atoms with Gasteiger partial charge in [0.2, 0.25) is 0 Å². The van der Waals surface area contributed by atoms with Gasteiger partial charge in [-0.2, -0.15) is 21.6 Å². The Labute approximate surface area is 97.7 Å². The van der Waals surface area contributed by atoms with Crippen molar-refractivity contribution in [1.29, 1.82) is 0 Å². The second-order valence-electron chi connectivity index (χ2n) is 2.36. The second-order valence-corrected chi connectivity index (χ2v) is 6.02. The van der Waals surface area contributed by atoms with Crippen LogP contribution in [0.25, 0.3) is 0 Å². The summed E-state index contributed by atoms with van der Waals surface area (Å²) >= 11 is 0. The molecule has 9 heteroatoms. The lowest BCUT2D eigenvalue weighted by atomic mass is 10.2. The maximum Gasteiger partial charge on any atom is 0.419 e. The Kier molecular flexibility index (Phi) is 5.51. The molecule has 92 valence electrons. The van der Waals surface area contributed by atoms with Crippen LogP contribution in [-0.4, -0.2) is 8.42 Å². The smallest absolute Gasteiger partial charge is 0.206 e. The Morgan fingerprint density at radius 1 is 1.06 bits per heavy atom. The van der Waals surface area contributed by atoms with Crippen molar-refractivity contribution >= 4 is 29.6 Å². The number of rotatable bonds is 0. The van der Waals surface area contributed by atoms with Crippen LogP contribution in [0, 0.1) is 5.82 Å². The van der Waals surface area contributed by atoms with E-state index in [9.17, 15) is 17.6 Å². The fourth-order valence-corrected chi connectivity index (χ4v) is 0.691. The van der Waals surface area contributed by atoms with Gasteiger partial charge in [0.1, 0.15) is 5.82 Å². The molecule has 0 spiro atoms. The van der Waals surface area contributed by atoms with Crippen molar-refractivity contribution in [3.63, 3.8) is 0 Å². The number of hydrogen-bond acceptors (Lipinski definition) is 2. The first-order valence-electron chi connectivity index (χ1n) is 3.48. The predicted octanol–water partition coefficient (Wildman–Crippen LogP) is 3.55. The highest BCUT2D eigenvalue weighted by Crippen LogP contribution is 2.30. The van der Waals surface area contributed by atoms with Crippen LogP contribution < -0.4 is 0 Å². The minimum absolute atomic E-state index is 0.704. The monoisotopic (exact) mass is 298 g/mol. The summed E-state index contributed by atoms with van der Waals surface area (Å²) in [6.07, 6.45) is -4.59. The third-order valence-electron chi connectivity index (χ3n) is 1.18. The van der Waals surface area contributed by atoms with Crippen LogP contribution in [0.15, 0.2) is 24.3 Å². The molecule has 0 atom stereocenters. The molecule has 1 rings (SSSR count). The van der Waals surface area contributed by atoms with Gasteiger partial charge in [-0.3, -0.25) is 0 Å². The molecule has 0 saturated heterocycles. The fourth-order valence-electron chi connectivity index (χ4n) is 0.691. The van der Waals surface area contributed by atoms with Gasteiger partial charge in [0.15, 0.2) is 0 Å². The molecule has 0 aliphatic rings. The van der Waals surface area contributed by atoms with Crippen LogP contribution in [0.2, 0.25) is 0 Å². The molecule has 0 bridgehead atoms. The van der Waals surface area contributed by atoms with E-state index in [2.05, 4.69) is 21.4 Å². The Balaban J connectivity index is 0.000000385. The molecule has 0 aliphatic heterocycles. The van der Waals surface area contributed by atoms with E-state index in [1.165, 1.54) is 6.07 Å². The van der Waals surface area contributed by atoms with Crippen molar-refractivity contribution in [2.45, 2.75) is 6.18 Å². The quantitative estimate of drug-likeness (QED) is 0.542. The van der Waals surface area contributed by atoms with Gasteiger partial charge in [0, 0.05) is 21.4 Å². The minimum atomic E-state index is -4.59. The fraction of sp³-hybridized carbons (Fsp3) is 0.143. The Morgan fingerprint density at radius 3 is 1.69 bits per heavy atom. The average Bonchev–Trinajstić information content (AvgIpc) is 1.99. The van der Waals surface area contributed by atoms with Gasteiger partial charge < -0.3 is 0 Å². The number of alkyl halides is 3. The average molecular weight is 299 g/mol. The molecule has 0 aromatic heterocycles. The number of benzene rings is 1. The topological polar surface area (TPSA) is 34.1 Å². The summed E-state index contributed by atoms with van der Waals surface area (Å²) in [5.74, 6) is -1.24. The van der Waals surface area contributed by atoms with Crippen molar-refractivity contribution in [2.75, 3.05) is 0 Å². The highest BCUT2D eigenvalue weighted by Gasteiger charge is 2.33. The molecule has 2 nitrogen and oxygen atoms in total. The van der Waals surface area contributed by atoms with E-state index >= 15 is 0 Å². The molecule has 1 aromatic rings. The van der Waals surface area contributed by atoms with Crippen LogP contribution in [0.1, 0.15) is 5.56 Å². The molecule has 0 unspecified atom stereocenters. The molecule has 0 fully saturated rings. The van der Waals surface area contributed by atoms with E-state index in [4.69, 9.17) is 8.42 Å². The predicted molar refractivity (Wildman–Crippen MR) is 52.0 cm³/mol. The summed E-state index contributed by atoms with van der Waals surface area (Å²) in [6.45, 7) is 0. The van der Waals surface area contributed by atoms with Gasteiger partial charge in [-0.1, -0.05) is 12.1 Å². The molecule has 0 aliphatic carbocycles. The molecule has 0 amide bonds. The van der Waals surface area contributed by atoms with E-state index in [0.717, 1.165) is 12.1 Å². The van der Waals surface area contributed by atoms with E-state index in [1.807, 2.05) is 0 Å². The number of halogens is 6. The lowest BCUT2D eigenvalue weighted by Gasteiger charge is -2.05. The molecule has 0 saturated carbocycles. The van der Waals surface area contributed by atoms with Crippen molar-refractivity contribution in [3.8, 4) is 0 Å². The van der Waals surface area contributed by atoms with Gasteiger partial charge in [0.25, 0.3) is 0 Å². The SMILES string of the molecule is Fc1ccccc1C(F)(F)F.O=S(=O)(Cl)Cl. The highest BCUT2D eigenvalue weighted by atomic mass is 36.0. The largest absolute Gasteiger partial charge is 0.419 e. The van der Waals surface area contributed by atoms with Gasteiger partial charge >= 0.3 is 14.4 Å². The molecular weight excluding hydrogens is 295 g/mol. The Morgan fingerprint density at radius 2 is 1.44 bits per heavy atom. The van der Waals surface area contributed by atoms with E-state index < -0.39 is 25.8 Å². The van der Waals surface area contributed by atoms with Crippen LogP contribution in [0.3, 0.4) is 0 Å². The molecule has 16 heavy (non-hydrogen) atoms. The molecule has 1 aromatic carbocycles. The summed E-state index contributed by atoms with van der Waals surface area (Å²) in [5.41, 5.74) is -1.22. The highest BCUT2D eigenvalue weighted by molar-refractivity contribution is 8.31. The van der Waals surface area contributed by atoms with E-state index in [1.54, 1.807) is 0 Å². The standard InChI is InChI=1S/C7H4F4.Cl2O2S/c8-6-4-2-1-3-5(6)7(9,10)11;1-5(2,3)4/h1-4H;. The first kappa shape index (κ1) is 15.5. The maximum atomic E-state index is 12.4. The van der Waals surface area contributed by atoms with Crippen LogP contribution in [0.5, 0.6) is 0 Å². The van der Waals surface area contributed by atoms with Crippen LogP contribution in [-0.2, 0) is 14.4 Å². The van der Waals surface area contributed by atoms with Crippen molar-refractivity contribution in [1.82, 2.24) is 0 Å². The summed E-state index contributed by atoms with van der Waals surface area (Å²) in [7, 11) is 4.81. The molecule has 0 radical (unpaired) electrons. The summed E-state index contributed by atoms with van der Waals surface area (Å²) in [4.78, 5) is 0. The molecule has 0 N–H and O–H groups in total. The second kappa shape index (κ2) is 5.70. The zero-order valence-corrected chi connectivity index (χ0v) is 9.63. The molecule has 0 heterocycles. The van der Waals surface area contributed by atoms with E-state index in [-0.39, 0.29) is 0 Å². The third-order valence-corrected chi connectivity index (χ3v) is 1.18. The zero-order valence-electron chi connectivity index (χ0n) is 7.30. The van der Waals surface area contributed by atoms with Gasteiger partial charge in [-0.05, 0) is 12.1 Å². The van der Waals surface area contributed by atoms with Crippen LogP contribution >= 0.6 is 21.4 Å². The Hall–Kier alpha value is -0.530. The normalized spacial score (nSPS) is 11.6. The van der Waals surface area contributed by atoms with Gasteiger partial charge in [-0.15, -0.1) is 0 Å². The van der Waals surface area contributed by atoms with Gasteiger partial charge in [-0.25, -0.2) is 4.39 Å². The van der Waals surface area contributed by atoms with Crippen molar-refractivity contribution in [3.05, 3.63) is 35.6 Å². The van der Waals surface area contributed by atoms with E-state index in [0.29, 0.717) is 6.07 Å². The van der Waals surface area contributed by atoms with Gasteiger partial charge in [0.05, 0.1) is 5.56 Å². The zero-order chi connectivity index (χ0) is 13.0. The van der Waals surface area contributed by atoms with Crippen molar-refractivity contribution < 1.29 is 26.0 Å².